The molecule has 0 saturated heterocycles. The number of hydrogen-bond acceptors (Lipinski definition) is 2. The fraction of sp³-hybridized carbons (Fsp3) is 1.00. The van der Waals surface area contributed by atoms with Gasteiger partial charge in [0.05, 0.1) is 14.0 Å². The molecule has 0 aromatic heterocycles. The summed E-state index contributed by atoms with van der Waals surface area (Å²) in [6, 6.07) is 0.331. The Hall–Kier alpha value is 0.151. The Balaban J connectivity index is 6.48. The number of alkyl halides is 6. The van der Waals surface area contributed by atoms with Gasteiger partial charge < -0.3 is 8.85 Å². The quantitative estimate of drug-likeness (QED) is 0.140. The Morgan fingerprint density at radius 2 is 1.21 bits per heavy atom. The Bertz CT molecular complexity index is 604. The van der Waals surface area contributed by atoms with Gasteiger partial charge in [0.15, 0.2) is 8.32 Å². The van der Waals surface area contributed by atoms with Crippen LogP contribution >= 0.6 is 0 Å². The van der Waals surface area contributed by atoms with Crippen LogP contribution in [0.15, 0.2) is 0 Å². The van der Waals surface area contributed by atoms with Gasteiger partial charge in [0.25, 0.3) is 0 Å². The van der Waals surface area contributed by atoms with Crippen LogP contribution in [0.25, 0.3) is 0 Å². The third-order valence-corrected chi connectivity index (χ3v) is 19.4. The molecule has 0 rings (SSSR count). The van der Waals surface area contributed by atoms with Crippen LogP contribution in [0.1, 0.15) is 79.6 Å². The molecule has 0 fully saturated rings. The first-order valence-corrected chi connectivity index (χ1v) is 21.1. The predicted octanol–water partition coefficient (Wildman–Crippen LogP) is 9.17. The summed E-state index contributed by atoms with van der Waals surface area (Å²) in [7, 11) is -7.54. The molecule has 0 amide bonds. The molecule has 4 atom stereocenters. The molecule has 0 heterocycles. The highest BCUT2D eigenvalue weighted by Crippen LogP contribution is 2.44. The summed E-state index contributed by atoms with van der Waals surface area (Å²) in [5.41, 5.74) is 0. The van der Waals surface area contributed by atoms with Crippen molar-refractivity contribution in [3.05, 3.63) is 0 Å². The van der Waals surface area contributed by atoms with Gasteiger partial charge in [-0.3, -0.25) is 0 Å². The first-order chi connectivity index (χ1) is 15.2. The molecular weight excluding hydrogens is 506 g/mol. The lowest BCUT2D eigenvalue weighted by molar-refractivity contribution is -0.133. The first-order valence-electron chi connectivity index (χ1n) is 12.7. The number of halogens is 6. The summed E-state index contributed by atoms with van der Waals surface area (Å²) in [5.74, 6) is 0. The second-order valence-corrected chi connectivity index (χ2v) is 22.9. The van der Waals surface area contributed by atoms with Crippen molar-refractivity contribution < 1.29 is 35.2 Å². The molecular formula is C23H48F6O2Si3. The molecule has 0 aliphatic rings. The Kier molecular flexibility index (Phi) is 13.2. The fourth-order valence-corrected chi connectivity index (χ4v) is 15.8. The van der Waals surface area contributed by atoms with Crippen LogP contribution in [0, 0.1) is 0 Å². The van der Waals surface area contributed by atoms with Gasteiger partial charge in [-0.1, -0.05) is 53.1 Å². The maximum atomic E-state index is 13.4. The molecule has 0 radical (unpaired) electrons. The zero-order chi connectivity index (χ0) is 27.1. The molecule has 0 aliphatic heterocycles. The minimum atomic E-state index is -4.33. The van der Waals surface area contributed by atoms with E-state index in [0.717, 1.165) is 12.8 Å². The predicted molar refractivity (Wildman–Crippen MR) is 137 cm³/mol. The zero-order valence-electron chi connectivity index (χ0n) is 22.7. The van der Waals surface area contributed by atoms with Crippen LogP contribution in [0.3, 0.4) is 0 Å². The monoisotopic (exact) mass is 554 g/mol. The Labute approximate surface area is 207 Å². The first kappa shape index (κ1) is 34.2. The fourth-order valence-electron chi connectivity index (χ4n) is 4.54. The van der Waals surface area contributed by atoms with Gasteiger partial charge in [0.1, 0.15) is 0 Å². The van der Waals surface area contributed by atoms with Crippen LogP contribution in [0.2, 0.25) is 44.3 Å². The topological polar surface area (TPSA) is 18.5 Å². The van der Waals surface area contributed by atoms with Gasteiger partial charge in [-0.15, -0.1) is 0 Å². The lowest BCUT2D eigenvalue weighted by atomic mass is 10.2. The van der Waals surface area contributed by atoms with E-state index in [2.05, 4.69) is 13.1 Å². The lowest BCUT2D eigenvalue weighted by Gasteiger charge is -2.53. The van der Waals surface area contributed by atoms with Gasteiger partial charge >= 0.3 is 12.4 Å². The molecule has 11 heteroatoms. The van der Waals surface area contributed by atoms with Gasteiger partial charge in [0, 0.05) is 18.1 Å². The van der Waals surface area contributed by atoms with Crippen LogP contribution < -0.4 is 0 Å². The number of rotatable bonds is 16. The average molecular weight is 555 g/mol. The third kappa shape index (κ3) is 11.0. The van der Waals surface area contributed by atoms with Crippen molar-refractivity contribution in [2.75, 3.05) is 0 Å². The summed E-state index contributed by atoms with van der Waals surface area (Å²) >= 11 is 0. The van der Waals surface area contributed by atoms with E-state index in [4.69, 9.17) is 8.85 Å². The van der Waals surface area contributed by atoms with Crippen molar-refractivity contribution in [1.82, 2.24) is 0 Å². The van der Waals surface area contributed by atoms with E-state index in [1.807, 2.05) is 47.7 Å². The van der Waals surface area contributed by atoms with E-state index in [-0.39, 0.29) is 12.1 Å². The molecule has 4 unspecified atom stereocenters. The van der Waals surface area contributed by atoms with Crippen molar-refractivity contribution >= 4 is 25.4 Å². The summed E-state index contributed by atoms with van der Waals surface area (Å²) in [5, 5.41) is -1.49. The standard InChI is InChI=1S/C23H48F6O2Si3/c1-10-13-17-33(8,18-15-22(24,25)26)31-21(5,14-11-2)34(9,19-16-23(27,28)29)30-20(4,12-3)32(6)7/h32H,10-19H2,1-9H3. The van der Waals surface area contributed by atoms with Crippen molar-refractivity contribution in [2.45, 2.75) is 147 Å². The van der Waals surface area contributed by atoms with Gasteiger partial charge in [0.2, 0.25) is 8.32 Å². The van der Waals surface area contributed by atoms with E-state index in [0.29, 0.717) is 25.3 Å². The molecule has 0 N–H and O–H groups in total. The van der Waals surface area contributed by atoms with E-state index in [1.165, 1.54) is 0 Å². The van der Waals surface area contributed by atoms with E-state index < -0.39 is 61.1 Å². The second kappa shape index (κ2) is 13.1. The normalized spacial score (nSPS) is 20.5. The van der Waals surface area contributed by atoms with Crippen molar-refractivity contribution in [1.29, 1.82) is 0 Å². The molecule has 34 heavy (non-hydrogen) atoms. The van der Waals surface area contributed by atoms with Crippen molar-refractivity contribution in [3.63, 3.8) is 0 Å². The number of unbranched alkanes of at least 4 members (excludes halogenated alkanes) is 1. The molecule has 2 nitrogen and oxygen atoms in total. The maximum absolute atomic E-state index is 13.4. The van der Waals surface area contributed by atoms with Crippen LogP contribution in [0.5, 0.6) is 0 Å². The lowest BCUT2D eigenvalue weighted by Crippen LogP contribution is -2.66. The summed E-state index contributed by atoms with van der Waals surface area (Å²) in [6.45, 7) is 17.7. The maximum Gasteiger partial charge on any atom is 0.388 e. The van der Waals surface area contributed by atoms with Crippen LogP contribution in [0.4, 0.5) is 26.3 Å². The summed E-state index contributed by atoms with van der Waals surface area (Å²) < 4.78 is 93.3. The highest BCUT2D eigenvalue weighted by atomic mass is 28.4. The minimum absolute atomic E-state index is 0.0798. The van der Waals surface area contributed by atoms with Crippen LogP contribution in [-0.4, -0.2) is 48.2 Å². The average Bonchev–Trinajstić information content (AvgIpc) is 2.68. The highest BCUT2D eigenvalue weighted by molar-refractivity contribution is 6.79. The highest BCUT2D eigenvalue weighted by Gasteiger charge is 2.56. The molecule has 0 aromatic carbocycles. The van der Waals surface area contributed by atoms with Crippen LogP contribution in [-0.2, 0) is 8.85 Å². The van der Waals surface area contributed by atoms with Gasteiger partial charge in [-0.25, -0.2) is 0 Å². The zero-order valence-corrected chi connectivity index (χ0v) is 25.9. The van der Waals surface area contributed by atoms with Gasteiger partial charge in [-0.05, 0) is 57.9 Å². The summed E-state index contributed by atoms with van der Waals surface area (Å²) in [4.78, 5) is 0. The molecule has 0 bridgehead atoms. The smallest absolute Gasteiger partial charge is 0.388 e. The van der Waals surface area contributed by atoms with Gasteiger partial charge in [-0.2, -0.15) is 26.3 Å². The number of hydrogen-bond donors (Lipinski definition) is 0. The third-order valence-electron chi connectivity index (χ3n) is 7.58. The van der Waals surface area contributed by atoms with E-state index >= 15 is 0 Å². The second-order valence-electron chi connectivity index (χ2n) is 11.0. The molecule has 0 aliphatic carbocycles. The largest absolute Gasteiger partial charge is 0.412 e. The van der Waals surface area contributed by atoms with E-state index in [1.54, 1.807) is 0 Å². The molecule has 0 spiro atoms. The molecule has 0 aromatic rings. The SMILES string of the molecule is CCCC[Si](C)(CCC(F)(F)F)OC(C)(CCC)[Si](C)(CCC(F)(F)F)OC(C)(CC)[SiH](C)C. The minimum Gasteiger partial charge on any atom is -0.412 e. The van der Waals surface area contributed by atoms with Crippen molar-refractivity contribution in [2.24, 2.45) is 0 Å². The molecule has 0 saturated carbocycles. The van der Waals surface area contributed by atoms with E-state index in [9.17, 15) is 26.3 Å². The molecule has 206 valence electrons. The Morgan fingerprint density at radius 3 is 1.59 bits per heavy atom. The summed E-state index contributed by atoms with van der Waals surface area (Å²) in [6.07, 6.45) is -7.11. The Morgan fingerprint density at radius 1 is 0.706 bits per heavy atom. The van der Waals surface area contributed by atoms with Crippen molar-refractivity contribution in [3.8, 4) is 0 Å².